The topological polar surface area (TPSA) is 12.0 Å². The summed E-state index contributed by atoms with van der Waals surface area (Å²) in [6.07, 6.45) is -3.12. The Kier molecular flexibility index (Phi) is 5.99. The lowest BCUT2D eigenvalue weighted by molar-refractivity contribution is -0.138. The first-order chi connectivity index (χ1) is 9.25. The van der Waals surface area contributed by atoms with Gasteiger partial charge in [0.2, 0.25) is 0 Å². The zero-order chi connectivity index (χ0) is 15.3. The number of benzene rings is 1. The zero-order valence-electron chi connectivity index (χ0n) is 12.0. The molecular formula is C15H21F4N. The molecule has 1 unspecified atom stereocenters. The highest BCUT2D eigenvalue weighted by Gasteiger charge is 2.35. The number of rotatable bonds is 6. The minimum absolute atomic E-state index is 0.000324. The molecule has 1 rings (SSSR count). The predicted molar refractivity (Wildman–Crippen MR) is 71.9 cm³/mol. The van der Waals surface area contributed by atoms with Gasteiger partial charge in [0.1, 0.15) is 5.82 Å². The molecular weight excluding hydrogens is 270 g/mol. The van der Waals surface area contributed by atoms with Gasteiger partial charge in [-0.05, 0) is 49.1 Å². The Morgan fingerprint density at radius 1 is 1.20 bits per heavy atom. The lowest BCUT2D eigenvalue weighted by Crippen LogP contribution is -2.26. The molecule has 0 saturated carbocycles. The molecule has 0 saturated heterocycles. The summed E-state index contributed by atoms with van der Waals surface area (Å²) in [7, 11) is 0. The molecule has 0 aliphatic heterocycles. The van der Waals surface area contributed by atoms with Crippen molar-refractivity contribution in [1.29, 1.82) is 0 Å². The van der Waals surface area contributed by atoms with Gasteiger partial charge in [0.25, 0.3) is 0 Å². The molecule has 114 valence electrons. The van der Waals surface area contributed by atoms with Crippen LogP contribution in [0.2, 0.25) is 0 Å². The van der Waals surface area contributed by atoms with Crippen LogP contribution in [0.15, 0.2) is 18.2 Å². The Morgan fingerprint density at radius 3 is 2.35 bits per heavy atom. The van der Waals surface area contributed by atoms with Gasteiger partial charge < -0.3 is 5.32 Å². The maximum Gasteiger partial charge on any atom is 0.416 e. The molecule has 0 bridgehead atoms. The van der Waals surface area contributed by atoms with Crippen molar-refractivity contribution >= 4 is 0 Å². The van der Waals surface area contributed by atoms with Gasteiger partial charge in [-0.3, -0.25) is 0 Å². The van der Waals surface area contributed by atoms with E-state index in [1.165, 1.54) is 0 Å². The fourth-order valence-corrected chi connectivity index (χ4v) is 2.19. The normalized spacial score (nSPS) is 13.8. The predicted octanol–water partition coefficient (Wildman–Crippen LogP) is 4.93. The van der Waals surface area contributed by atoms with E-state index in [4.69, 9.17) is 0 Å². The molecule has 0 heterocycles. The molecule has 5 heteroatoms. The molecule has 1 aromatic rings. The van der Waals surface area contributed by atoms with Gasteiger partial charge in [0.15, 0.2) is 0 Å². The first-order valence-corrected chi connectivity index (χ1v) is 6.85. The van der Waals surface area contributed by atoms with Gasteiger partial charge in [-0.15, -0.1) is 0 Å². The Labute approximate surface area is 117 Å². The molecule has 1 nitrogen and oxygen atoms in total. The number of alkyl halides is 3. The van der Waals surface area contributed by atoms with Gasteiger partial charge in [-0.2, -0.15) is 13.2 Å². The van der Waals surface area contributed by atoms with E-state index < -0.39 is 23.6 Å². The van der Waals surface area contributed by atoms with Crippen LogP contribution >= 0.6 is 0 Å². The minimum Gasteiger partial charge on any atom is -0.310 e. The quantitative estimate of drug-likeness (QED) is 0.733. The highest BCUT2D eigenvalue weighted by atomic mass is 19.4. The Balaban J connectivity index is 3.19. The van der Waals surface area contributed by atoms with Crippen LogP contribution in [-0.4, -0.2) is 6.54 Å². The van der Waals surface area contributed by atoms with Crippen LogP contribution in [0.3, 0.4) is 0 Å². The summed E-state index contributed by atoms with van der Waals surface area (Å²) in [5.41, 5.74) is -0.757. The summed E-state index contributed by atoms with van der Waals surface area (Å²) in [5, 5.41) is 3.09. The van der Waals surface area contributed by atoms with Crippen LogP contribution in [-0.2, 0) is 6.18 Å². The molecule has 1 N–H and O–H groups in total. The Bertz CT molecular complexity index is 426. The largest absolute Gasteiger partial charge is 0.416 e. The molecule has 0 radical (unpaired) electrons. The first kappa shape index (κ1) is 17.0. The number of hydrogen-bond donors (Lipinski definition) is 1. The summed E-state index contributed by atoms with van der Waals surface area (Å²) in [5.74, 6) is -0.422. The average Bonchev–Trinajstić information content (AvgIpc) is 2.32. The Morgan fingerprint density at radius 2 is 1.85 bits per heavy atom. The smallest absolute Gasteiger partial charge is 0.310 e. The molecule has 0 spiro atoms. The summed E-state index contributed by atoms with van der Waals surface area (Å²) >= 11 is 0. The van der Waals surface area contributed by atoms with E-state index in [2.05, 4.69) is 5.32 Å². The van der Waals surface area contributed by atoms with E-state index >= 15 is 0 Å². The van der Waals surface area contributed by atoms with Gasteiger partial charge in [-0.25, -0.2) is 4.39 Å². The second kappa shape index (κ2) is 7.07. The third kappa shape index (κ3) is 4.78. The van der Waals surface area contributed by atoms with Gasteiger partial charge in [0.05, 0.1) is 5.56 Å². The molecule has 0 amide bonds. The fraction of sp³-hybridized carbons (Fsp3) is 0.600. The fourth-order valence-electron chi connectivity index (χ4n) is 2.19. The standard InChI is InChI=1S/C15H21F4N/c1-4-7-20-14(8-10(2)3)12-9-11(16)5-6-13(12)15(17,18)19/h5-6,9-10,14,20H,4,7-8H2,1-3H3. The lowest BCUT2D eigenvalue weighted by atomic mass is 9.92. The molecule has 1 atom stereocenters. The maximum atomic E-state index is 13.4. The summed E-state index contributed by atoms with van der Waals surface area (Å²) in [6.45, 7) is 6.42. The number of nitrogens with one attached hydrogen (secondary N) is 1. The van der Waals surface area contributed by atoms with Crippen molar-refractivity contribution in [2.24, 2.45) is 5.92 Å². The van der Waals surface area contributed by atoms with Crippen molar-refractivity contribution in [2.75, 3.05) is 6.54 Å². The summed E-state index contributed by atoms with van der Waals surface area (Å²) < 4.78 is 52.5. The summed E-state index contributed by atoms with van der Waals surface area (Å²) in [6, 6.07) is 2.20. The third-order valence-corrected chi connectivity index (χ3v) is 3.04. The van der Waals surface area contributed by atoms with Gasteiger partial charge in [0, 0.05) is 6.04 Å². The van der Waals surface area contributed by atoms with Crippen molar-refractivity contribution in [1.82, 2.24) is 5.32 Å². The summed E-state index contributed by atoms with van der Waals surface area (Å²) in [4.78, 5) is 0. The van der Waals surface area contributed by atoms with Crippen LogP contribution in [0, 0.1) is 11.7 Å². The van der Waals surface area contributed by atoms with E-state index in [1.54, 1.807) is 0 Å². The van der Waals surface area contributed by atoms with E-state index in [0.29, 0.717) is 13.0 Å². The average molecular weight is 291 g/mol. The second-order valence-electron chi connectivity index (χ2n) is 5.37. The molecule has 20 heavy (non-hydrogen) atoms. The van der Waals surface area contributed by atoms with Crippen LogP contribution in [0.4, 0.5) is 17.6 Å². The maximum absolute atomic E-state index is 13.4. The highest BCUT2D eigenvalue weighted by molar-refractivity contribution is 5.33. The van der Waals surface area contributed by atoms with Gasteiger partial charge >= 0.3 is 6.18 Å². The van der Waals surface area contributed by atoms with E-state index in [-0.39, 0.29) is 11.5 Å². The molecule has 0 aliphatic carbocycles. The van der Waals surface area contributed by atoms with Gasteiger partial charge in [-0.1, -0.05) is 20.8 Å². The van der Waals surface area contributed by atoms with Crippen molar-refractivity contribution in [2.45, 2.75) is 45.8 Å². The first-order valence-electron chi connectivity index (χ1n) is 6.85. The number of hydrogen-bond acceptors (Lipinski definition) is 1. The lowest BCUT2D eigenvalue weighted by Gasteiger charge is -2.24. The molecule has 0 aliphatic rings. The molecule has 1 aromatic carbocycles. The Hall–Kier alpha value is -1.10. The SMILES string of the molecule is CCCNC(CC(C)C)c1cc(F)ccc1C(F)(F)F. The second-order valence-corrected chi connectivity index (χ2v) is 5.37. The van der Waals surface area contributed by atoms with Crippen LogP contribution in [0.1, 0.15) is 50.8 Å². The highest BCUT2D eigenvalue weighted by Crippen LogP contribution is 2.36. The monoisotopic (exact) mass is 291 g/mol. The van der Waals surface area contributed by atoms with Crippen molar-refractivity contribution in [3.8, 4) is 0 Å². The van der Waals surface area contributed by atoms with E-state index in [0.717, 1.165) is 24.6 Å². The van der Waals surface area contributed by atoms with Crippen LogP contribution in [0.5, 0.6) is 0 Å². The third-order valence-electron chi connectivity index (χ3n) is 3.04. The van der Waals surface area contributed by atoms with Crippen molar-refractivity contribution in [3.63, 3.8) is 0 Å². The minimum atomic E-state index is -4.47. The van der Waals surface area contributed by atoms with Crippen LogP contribution < -0.4 is 5.32 Å². The van der Waals surface area contributed by atoms with Crippen molar-refractivity contribution < 1.29 is 17.6 Å². The molecule has 0 aromatic heterocycles. The molecule has 0 fully saturated rings. The zero-order valence-corrected chi connectivity index (χ0v) is 12.0. The van der Waals surface area contributed by atoms with E-state index in [9.17, 15) is 17.6 Å². The van der Waals surface area contributed by atoms with Crippen molar-refractivity contribution in [3.05, 3.63) is 35.1 Å². The van der Waals surface area contributed by atoms with Crippen LogP contribution in [0.25, 0.3) is 0 Å². The van der Waals surface area contributed by atoms with E-state index in [1.807, 2.05) is 20.8 Å². The number of halogens is 4.